The van der Waals surface area contributed by atoms with Crippen molar-refractivity contribution in [2.75, 3.05) is 0 Å². The van der Waals surface area contributed by atoms with E-state index in [1.54, 1.807) is 0 Å². The van der Waals surface area contributed by atoms with Crippen LogP contribution in [0.1, 0.15) is 80.1 Å². The number of hydrogen-bond acceptors (Lipinski definition) is 0. The van der Waals surface area contributed by atoms with Crippen molar-refractivity contribution in [3.05, 3.63) is 0 Å². The Labute approximate surface area is 152 Å². The molecule has 5 unspecified atom stereocenters. The van der Waals surface area contributed by atoms with Crippen LogP contribution in [0.4, 0.5) is 0 Å². The van der Waals surface area contributed by atoms with Gasteiger partial charge < -0.3 is 0 Å². The van der Waals surface area contributed by atoms with Crippen LogP contribution in [0.15, 0.2) is 0 Å². The lowest BCUT2D eigenvalue weighted by molar-refractivity contribution is 0.153. The topological polar surface area (TPSA) is 0 Å². The second-order valence-corrected chi connectivity index (χ2v) is 13.9. The second-order valence-electron chi connectivity index (χ2n) is 7.87. The predicted octanol–water partition coefficient (Wildman–Crippen LogP) is 7.45. The van der Waals surface area contributed by atoms with Crippen molar-refractivity contribution in [2.24, 2.45) is 5.41 Å². The smallest absolute Gasteiger partial charge is 0.0788 e. The van der Waals surface area contributed by atoms with Crippen LogP contribution >= 0.6 is 40.4 Å². The van der Waals surface area contributed by atoms with Gasteiger partial charge in [0.1, 0.15) is 0 Å². The van der Waals surface area contributed by atoms with E-state index >= 15 is 0 Å². The zero-order valence-electron chi connectivity index (χ0n) is 15.3. The molecule has 0 saturated heterocycles. The van der Waals surface area contributed by atoms with Gasteiger partial charge in [-0.05, 0) is 48.1 Å². The molecule has 5 atom stereocenters. The van der Waals surface area contributed by atoms with Crippen molar-refractivity contribution in [1.29, 1.82) is 0 Å². The van der Waals surface area contributed by atoms with Crippen LogP contribution in [0.5, 0.6) is 0 Å². The van der Waals surface area contributed by atoms with Crippen molar-refractivity contribution in [2.45, 2.75) is 107 Å². The fourth-order valence-electron chi connectivity index (χ4n) is 4.35. The van der Waals surface area contributed by atoms with E-state index in [-0.39, 0.29) is 9.99 Å². The highest BCUT2D eigenvalue weighted by molar-refractivity contribution is 7.44. The third-order valence-electron chi connectivity index (χ3n) is 4.71. The van der Waals surface area contributed by atoms with Gasteiger partial charge in [0.15, 0.2) is 0 Å². The van der Waals surface area contributed by atoms with E-state index in [9.17, 15) is 0 Å². The molecule has 0 bridgehead atoms. The van der Waals surface area contributed by atoms with Gasteiger partial charge in [-0.2, -0.15) is 0 Å². The first-order valence-electron chi connectivity index (χ1n) is 9.04. The van der Waals surface area contributed by atoms with Crippen molar-refractivity contribution in [1.82, 2.24) is 0 Å². The second kappa shape index (κ2) is 9.22. The molecule has 22 heavy (non-hydrogen) atoms. The molecule has 0 radical (unpaired) electrons. The van der Waals surface area contributed by atoms with E-state index in [0.717, 1.165) is 29.2 Å². The van der Waals surface area contributed by atoms with E-state index in [4.69, 9.17) is 23.2 Å². The number of hydrogen-bond donors (Lipinski definition) is 0. The third-order valence-corrected chi connectivity index (χ3v) is 9.77. The molecule has 0 aromatic carbocycles. The van der Waals surface area contributed by atoms with Gasteiger partial charge in [-0.25, -0.2) is 0 Å². The van der Waals surface area contributed by atoms with E-state index < -0.39 is 0 Å². The molecule has 0 heterocycles. The Balaban J connectivity index is 3.10. The quantitative estimate of drug-likeness (QED) is 0.301. The minimum atomic E-state index is -0.176. The Hall–Kier alpha value is 1.44. The van der Waals surface area contributed by atoms with Gasteiger partial charge >= 0.3 is 0 Å². The van der Waals surface area contributed by atoms with Crippen molar-refractivity contribution in [3.8, 4) is 0 Å². The van der Waals surface area contributed by atoms with Crippen molar-refractivity contribution < 1.29 is 0 Å². The molecular weight excluding hydrogens is 349 g/mol. The molecule has 1 saturated carbocycles. The normalized spacial score (nSPS) is 33.0. The summed E-state index contributed by atoms with van der Waals surface area (Å²) in [7, 11) is 1.71. The first-order valence-corrected chi connectivity index (χ1v) is 12.1. The van der Waals surface area contributed by atoms with Crippen molar-refractivity contribution in [3.63, 3.8) is 0 Å². The Bertz CT molecular complexity index is 327. The van der Waals surface area contributed by atoms with E-state index in [0.29, 0.717) is 16.7 Å². The lowest BCUT2D eigenvalue weighted by atomic mass is 9.68. The zero-order valence-corrected chi connectivity index (χ0v) is 18.8. The zero-order chi connectivity index (χ0) is 17.0. The maximum absolute atomic E-state index is 7.24. The first kappa shape index (κ1) is 21.5. The highest BCUT2D eigenvalue weighted by Crippen LogP contribution is 2.62. The molecule has 1 aliphatic rings. The molecule has 0 aliphatic heterocycles. The highest BCUT2D eigenvalue weighted by atomic mass is 35.5. The number of halogens is 2. The van der Waals surface area contributed by atoms with Crippen LogP contribution in [0.2, 0.25) is 0 Å². The molecule has 0 amide bonds. The van der Waals surface area contributed by atoms with E-state index in [2.05, 4.69) is 41.5 Å². The first-order chi connectivity index (χ1) is 10.2. The Kier molecular flexibility index (Phi) is 9.01. The summed E-state index contributed by atoms with van der Waals surface area (Å²) in [6.07, 6.45) is 7.61. The van der Waals surface area contributed by atoms with Gasteiger partial charge in [0.25, 0.3) is 0 Å². The van der Waals surface area contributed by atoms with Crippen LogP contribution in [0, 0.1) is 5.41 Å². The summed E-state index contributed by atoms with van der Waals surface area (Å²) in [5.74, 6) is 0. The van der Waals surface area contributed by atoms with E-state index in [1.807, 2.05) is 0 Å². The molecular formula is C18H36Cl2P2. The van der Waals surface area contributed by atoms with Crippen LogP contribution in [-0.4, -0.2) is 27.0 Å². The van der Waals surface area contributed by atoms with Gasteiger partial charge in [0.05, 0.1) is 9.99 Å². The Morgan fingerprint density at radius 1 is 1.05 bits per heavy atom. The van der Waals surface area contributed by atoms with Gasteiger partial charge in [-0.15, -0.1) is 31.8 Å². The fourth-order valence-corrected chi connectivity index (χ4v) is 9.95. The van der Waals surface area contributed by atoms with Gasteiger partial charge in [0.2, 0.25) is 0 Å². The SMILES string of the molecule is CCCC1(CCC)CC(PC(C)C)C(Cl)C(Cl)(PC(C)C)C1. The molecule has 1 fully saturated rings. The van der Waals surface area contributed by atoms with Crippen LogP contribution in [-0.2, 0) is 0 Å². The molecule has 0 nitrogen and oxygen atoms in total. The van der Waals surface area contributed by atoms with Crippen LogP contribution < -0.4 is 0 Å². The summed E-state index contributed by atoms with van der Waals surface area (Å²) in [6.45, 7) is 13.9. The largest absolute Gasteiger partial charge is 0.120 e. The minimum absolute atomic E-state index is 0.150. The van der Waals surface area contributed by atoms with Crippen LogP contribution in [0.25, 0.3) is 0 Å². The maximum atomic E-state index is 7.24. The van der Waals surface area contributed by atoms with Crippen molar-refractivity contribution >= 4 is 40.4 Å². The molecule has 132 valence electrons. The molecule has 4 heteroatoms. The van der Waals surface area contributed by atoms with Crippen LogP contribution in [0.3, 0.4) is 0 Å². The fraction of sp³-hybridized carbons (Fsp3) is 1.00. The average Bonchev–Trinajstić information content (AvgIpc) is 2.34. The lowest BCUT2D eigenvalue weighted by Crippen LogP contribution is -2.49. The van der Waals surface area contributed by atoms with Gasteiger partial charge in [0, 0.05) is 0 Å². The monoisotopic (exact) mass is 384 g/mol. The summed E-state index contributed by atoms with van der Waals surface area (Å²) in [5.41, 5.74) is 2.41. The summed E-state index contributed by atoms with van der Waals surface area (Å²) >= 11 is 14.2. The summed E-state index contributed by atoms with van der Waals surface area (Å²) in [6, 6.07) is 0. The molecule has 1 rings (SSSR count). The Morgan fingerprint density at radius 2 is 1.59 bits per heavy atom. The molecule has 0 N–H and O–H groups in total. The highest BCUT2D eigenvalue weighted by Gasteiger charge is 2.52. The summed E-state index contributed by atoms with van der Waals surface area (Å²) in [4.78, 5) is 0. The molecule has 0 aromatic heterocycles. The summed E-state index contributed by atoms with van der Waals surface area (Å²) < 4.78 is -0.176. The Morgan fingerprint density at radius 3 is 2.00 bits per heavy atom. The average molecular weight is 385 g/mol. The maximum Gasteiger partial charge on any atom is 0.0788 e. The molecule has 1 aliphatic carbocycles. The van der Waals surface area contributed by atoms with E-state index in [1.165, 1.54) is 32.1 Å². The number of alkyl halides is 2. The van der Waals surface area contributed by atoms with Gasteiger partial charge in [-0.1, -0.05) is 63.0 Å². The lowest BCUT2D eigenvalue weighted by Gasteiger charge is -2.52. The third kappa shape index (κ3) is 5.76. The summed E-state index contributed by atoms with van der Waals surface area (Å²) in [5, 5.41) is 0.150. The molecule has 0 aromatic rings. The van der Waals surface area contributed by atoms with Gasteiger partial charge in [-0.3, -0.25) is 0 Å². The standard InChI is InChI=1S/C18H36Cl2P2/c1-7-9-17(10-8-2)11-15(21-13(3)4)16(19)18(20,12-17)22-14(5)6/h13-16,21-22H,7-12H2,1-6H3. The predicted molar refractivity (Wildman–Crippen MR) is 110 cm³/mol. The minimum Gasteiger partial charge on any atom is -0.120 e. The number of rotatable bonds is 8. The molecule has 0 spiro atoms.